The number of nitrogens with zero attached hydrogens (tertiary/aromatic N) is 1. The molecule has 3 rings (SSSR count). The van der Waals surface area contributed by atoms with E-state index in [0.29, 0.717) is 6.54 Å². The number of aromatic nitrogens is 1. The zero-order valence-electron chi connectivity index (χ0n) is 7.36. The smallest absolute Gasteiger partial charge is 0.168 e. The van der Waals surface area contributed by atoms with Gasteiger partial charge < -0.3 is 10.3 Å². The van der Waals surface area contributed by atoms with Crippen molar-refractivity contribution in [1.29, 1.82) is 0 Å². The summed E-state index contributed by atoms with van der Waals surface area (Å²) in [6.07, 6.45) is 0. The first-order chi connectivity index (χ1) is 6.90. The van der Waals surface area contributed by atoms with Crippen LogP contribution in [-0.2, 0) is 6.54 Å². The molecule has 0 bridgehead atoms. The Bertz CT molecular complexity index is 596. The van der Waals surface area contributed by atoms with E-state index < -0.39 is 0 Å². The van der Waals surface area contributed by atoms with Crippen molar-refractivity contribution in [3.63, 3.8) is 0 Å². The van der Waals surface area contributed by atoms with E-state index in [-0.39, 0.29) is 0 Å². The van der Waals surface area contributed by atoms with E-state index in [1.807, 2.05) is 12.1 Å². The molecule has 70 valence electrons. The van der Waals surface area contributed by atoms with Crippen molar-refractivity contribution in [3.8, 4) is 0 Å². The standard InChI is InChI=1S/C10H8N2OS/c11-5-7-10-9(12-13-7)6-3-1-2-4-8(6)14-10/h1-4H,5,11H2. The second-order valence-electron chi connectivity index (χ2n) is 3.09. The molecule has 0 amide bonds. The zero-order chi connectivity index (χ0) is 9.54. The van der Waals surface area contributed by atoms with Crippen molar-refractivity contribution >= 4 is 31.6 Å². The molecule has 0 unspecified atom stereocenters. The van der Waals surface area contributed by atoms with Gasteiger partial charge in [-0.25, -0.2) is 0 Å². The number of nitrogens with two attached hydrogens (primary N) is 1. The fourth-order valence-corrected chi connectivity index (χ4v) is 2.70. The molecule has 4 heteroatoms. The predicted octanol–water partition coefficient (Wildman–Crippen LogP) is 2.50. The molecule has 2 aromatic heterocycles. The third-order valence-electron chi connectivity index (χ3n) is 2.26. The fourth-order valence-electron chi connectivity index (χ4n) is 1.58. The van der Waals surface area contributed by atoms with E-state index in [4.69, 9.17) is 10.3 Å². The number of thiophene rings is 1. The van der Waals surface area contributed by atoms with Crippen molar-refractivity contribution in [2.45, 2.75) is 6.54 Å². The first kappa shape index (κ1) is 7.96. The third kappa shape index (κ3) is 0.921. The van der Waals surface area contributed by atoms with E-state index in [2.05, 4.69) is 17.3 Å². The first-order valence-corrected chi connectivity index (χ1v) is 5.17. The van der Waals surface area contributed by atoms with Crippen molar-refractivity contribution in [2.75, 3.05) is 0 Å². The summed E-state index contributed by atoms with van der Waals surface area (Å²) in [4.78, 5) is 0. The highest BCUT2D eigenvalue weighted by Crippen LogP contribution is 2.34. The van der Waals surface area contributed by atoms with Gasteiger partial charge in [0.25, 0.3) is 0 Å². The molecule has 3 nitrogen and oxygen atoms in total. The van der Waals surface area contributed by atoms with E-state index in [9.17, 15) is 0 Å². The van der Waals surface area contributed by atoms with E-state index in [1.54, 1.807) is 11.3 Å². The molecular weight excluding hydrogens is 196 g/mol. The maximum absolute atomic E-state index is 5.56. The van der Waals surface area contributed by atoms with Gasteiger partial charge >= 0.3 is 0 Å². The summed E-state index contributed by atoms with van der Waals surface area (Å²) >= 11 is 1.68. The summed E-state index contributed by atoms with van der Waals surface area (Å²) in [5.74, 6) is 0.779. The highest BCUT2D eigenvalue weighted by atomic mass is 32.1. The fraction of sp³-hybridized carbons (Fsp3) is 0.100. The van der Waals surface area contributed by atoms with Crippen LogP contribution in [-0.4, -0.2) is 5.16 Å². The van der Waals surface area contributed by atoms with E-state index in [0.717, 1.165) is 21.4 Å². The first-order valence-electron chi connectivity index (χ1n) is 4.36. The lowest BCUT2D eigenvalue weighted by Gasteiger charge is -1.85. The van der Waals surface area contributed by atoms with Gasteiger partial charge in [-0.15, -0.1) is 11.3 Å². The van der Waals surface area contributed by atoms with Crippen molar-refractivity contribution in [2.24, 2.45) is 5.73 Å². The van der Waals surface area contributed by atoms with Gasteiger partial charge in [0.2, 0.25) is 0 Å². The minimum Gasteiger partial charge on any atom is -0.358 e. The summed E-state index contributed by atoms with van der Waals surface area (Å²) in [5, 5.41) is 5.18. The van der Waals surface area contributed by atoms with Crippen LogP contribution in [0.2, 0.25) is 0 Å². The number of hydrogen-bond donors (Lipinski definition) is 1. The monoisotopic (exact) mass is 204 g/mol. The highest BCUT2D eigenvalue weighted by Gasteiger charge is 2.12. The average molecular weight is 204 g/mol. The lowest BCUT2D eigenvalue weighted by atomic mass is 10.2. The molecule has 2 heterocycles. The van der Waals surface area contributed by atoms with Crippen LogP contribution < -0.4 is 5.73 Å². The average Bonchev–Trinajstić information content (AvgIpc) is 2.75. The Morgan fingerprint density at radius 1 is 1.36 bits per heavy atom. The van der Waals surface area contributed by atoms with Gasteiger partial charge in [-0.05, 0) is 6.07 Å². The third-order valence-corrected chi connectivity index (χ3v) is 3.46. The van der Waals surface area contributed by atoms with Gasteiger partial charge in [-0.2, -0.15) is 0 Å². The molecular formula is C10H8N2OS. The topological polar surface area (TPSA) is 52.0 Å². The van der Waals surface area contributed by atoms with Gasteiger partial charge in [0.05, 0.1) is 11.2 Å². The van der Waals surface area contributed by atoms with Crippen LogP contribution >= 0.6 is 11.3 Å². The molecule has 3 aromatic rings. The summed E-state index contributed by atoms with van der Waals surface area (Å²) in [6, 6.07) is 8.17. The van der Waals surface area contributed by atoms with Crippen LogP contribution in [0.15, 0.2) is 28.8 Å². The van der Waals surface area contributed by atoms with Crippen LogP contribution in [0.3, 0.4) is 0 Å². The molecule has 0 radical (unpaired) electrons. The maximum Gasteiger partial charge on any atom is 0.168 e. The Balaban J connectivity index is 2.51. The number of hydrogen-bond acceptors (Lipinski definition) is 4. The Kier molecular flexibility index (Phi) is 1.59. The van der Waals surface area contributed by atoms with Crippen LogP contribution in [0, 0.1) is 0 Å². The molecule has 0 saturated heterocycles. The maximum atomic E-state index is 5.56. The van der Waals surface area contributed by atoms with Gasteiger partial charge in [-0.1, -0.05) is 23.4 Å². The molecule has 14 heavy (non-hydrogen) atoms. The molecule has 2 N–H and O–H groups in total. The van der Waals surface area contributed by atoms with E-state index >= 15 is 0 Å². The Hall–Kier alpha value is -1.39. The molecule has 0 aliphatic carbocycles. The van der Waals surface area contributed by atoms with Crippen LogP contribution in [0.25, 0.3) is 20.3 Å². The van der Waals surface area contributed by atoms with Crippen LogP contribution in [0.4, 0.5) is 0 Å². The Morgan fingerprint density at radius 3 is 3.07 bits per heavy atom. The minimum absolute atomic E-state index is 0.406. The lowest BCUT2D eigenvalue weighted by molar-refractivity contribution is 0.393. The second kappa shape index (κ2) is 2.80. The molecule has 0 fully saturated rings. The number of fused-ring (bicyclic) bond motifs is 3. The highest BCUT2D eigenvalue weighted by molar-refractivity contribution is 7.25. The quantitative estimate of drug-likeness (QED) is 0.662. The molecule has 0 atom stereocenters. The lowest BCUT2D eigenvalue weighted by Crippen LogP contribution is -1.92. The van der Waals surface area contributed by atoms with E-state index in [1.165, 1.54) is 4.70 Å². The van der Waals surface area contributed by atoms with Gasteiger partial charge in [0.1, 0.15) is 5.52 Å². The van der Waals surface area contributed by atoms with Crippen molar-refractivity contribution in [1.82, 2.24) is 5.16 Å². The summed E-state index contributed by atoms with van der Waals surface area (Å²) in [6.45, 7) is 0.406. The molecule has 0 aliphatic heterocycles. The number of rotatable bonds is 1. The molecule has 0 saturated carbocycles. The summed E-state index contributed by atoms with van der Waals surface area (Å²) in [5.41, 5.74) is 6.49. The van der Waals surface area contributed by atoms with Crippen LogP contribution in [0.5, 0.6) is 0 Å². The van der Waals surface area contributed by atoms with Crippen molar-refractivity contribution < 1.29 is 4.52 Å². The van der Waals surface area contributed by atoms with Gasteiger partial charge in [0.15, 0.2) is 5.76 Å². The van der Waals surface area contributed by atoms with Gasteiger partial charge in [0, 0.05) is 10.1 Å². The summed E-state index contributed by atoms with van der Waals surface area (Å²) < 4.78 is 7.46. The number of benzene rings is 1. The second-order valence-corrected chi connectivity index (χ2v) is 4.14. The predicted molar refractivity (Wildman–Crippen MR) is 57.3 cm³/mol. The molecule has 0 aliphatic rings. The van der Waals surface area contributed by atoms with Crippen LogP contribution in [0.1, 0.15) is 5.76 Å². The summed E-state index contributed by atoms with van der Waals surface area (Å²) in [7, 11) is 0. The minimum atomic E-state index is 0.406. The zero-order valence-corrected chi connectivity index (χ0v) is 8.17. The molecule has 0 spiro atoms. The Morgan fingerprint density at radius 2 is 2.21 bits per heavy atom. The largest absolute Gasteiger partial charge is 0.358 e. The SMILES string of the molecule is NCc1onc2c1sc1ccccc12. The van der Waals surface area contributed by atoms with Gasteiger partial charge in [-0.3, -0.25) is 0 Å². The molecule has 1 aromatic carbocycles. The van der Waals surface area contributed by atoms with Crippen molar-refractivity contribution in [3.05, 3.63) is 30.0 Å². The Labute approximate surface area is 84.1 Å². The normalized spacial score (nSPS) is 11.5.